The molecule has 0 heterocycles. The number of rotatable bonds is 7. The molecular formula is C20H30N2O6. The zero-order valence-corrected chi connectivity index (χ0v) is 16.9. The van der Waals surface area contributed by atoms with E-state index in [9.17, 15) is 9.59 Å². The Hall–Kier alpha value is -2.32. The van der Waals surface area contributed by atoms with Gasteiger partial charge in [-0.05, 0) is 39.2 Å². The standard InChI is InChI=1S/C20H30N2O6/c1-20(2,3)28-19(24)22-16-10-15(11-17(16)27-13-25-4)21-18(23)26-12-14-8-6-5-7-9-14/h5-9,15-17H,10-13H2,1-4H3,(H,21,23)(H,22,24)/t15-,16+,17+/m0/s1. The molecule has 1 aromatic rings. The minimum absolute atomic E-state index is 0.0995. The van der Waals surface area contributed by atoms with Crippen molar-refractivity contribution in [3.05, 3.63) is 35.9 Å². The normalized spacial score (nSPS) is 21.8. The van der Waals surface area contributed by atoms with Crippen LogP contribution in [0.5, 0.6) is 0 Å². The molecule has 0 aliphatic heterocycles. The van der Waals surface area contributed by atoms with Gasteiger partial charge in [0.1, 0.15) is 19.0 Å². The molecule has 0 spiro atoms. The van der Waals surface area contributed by atoms with Crippen LogP contribution in [0, 0.1) is 0 Å². The van der Waals surface area contributed by atoms with E-state index < -0.39 is 17.8 Å². The molecule has 3 atom stereocenters. The monoisotopic (exact) mass is 394 g/mol. The van der Waals surface area contributed by atoms with Crippen LogP contribution in [0.1, 0.15) is 39.2 Å². The number of hydrogen-bond acceptors (Lipinski definition) is 6. The first-order valence-corrected chi connectivity index (χ1v) is 9.34. The molecule has 0 aromatic heterocycles. The van der Waals surface area contributed by atoms with Crippen LogP contribution < -0.4 is 10.6 Å². The van der Waals surface area contributed by atoms with Gasteiger partial charge in [0.05, 0.1) is 12.1 Å². The summed E-state index contributed by atoms with van der Waals surface area (Å²) < 4.78 is 21.2. The summed E-state index contributed by atoms with van der Waals surface area (Å²) >= 11 is 0. The van der Waals surface area contributed by atoms with Crippen molar-refractivity contribution in [2.45, 2.75) is 64.0 Å². The van der Waals surface area contributed by atoms with Crippen LogP contribution in [0.25, 0.3) is 0 Å². The van der Waals surface area contributed by atoms with E-state index in [0.29, 0.717) is 12.8 Å². The molecule has 2 rings (SSSR count). The molecule has 1 aliphatic rings. The van der Waals surface area contributed by atoms with Crippen LogP contribution >= 0.6 is 0 Å². The highest BCUT2D eigenvalue weighted by molar-refractivity contribution is 5.69. The lowest BCUT2D eigenvalue weighted by Gasteiger charge is -2.24. The van der Waals surface area contributed by atoms with Crippen LogP contribution in [-0.4, -0.2) is 49.9 Å². The molecule has 2 N–H and O–H groups in total. The summed E-state index contributed by atoms with van der Waals surface area (Å²) in [5.74, 6) is 0. The topological polar surface area (TPSA) is 95.1 Å². The highest BCUT2D eigenvalue weighted by atomic mass is 16.7. The molecule has 1 fully saturated rings. The third-order valence-electron chi connectivity index (χ3n) is 4.14. The van der Waals surface area contributed by atoms with Crippen molar-refractivity contribution in [3.63, 3.8) is 0 Å². The van der Waals surface area contributed by atoms with Gasteiger partial charge in [0, 0.05) is 13.2 Å². The van der Waals surface area contributed by atoms with Crippen molar-refractivity contribution in [1.29, 1.82) is 0 Å². The van der Waals surface area contributed by atoms with Crippen molar-refractivity contribution in [3.8, 4) is 0 Å². The Morgan fingerprint density at radius 3 is 2.43 bits per heavy atom. The number of ether oxygens (including phenoxy) is 4. The van der Waals surface area contributed by atoms with Gasteiger partial charge in [0.25, 0.3) is 0 Å². The van der Waals surface area contributed by atoms with Crippen molar-refractivity contribution < 1.29 is 28.5 Å². The number of hydrogen-bond donors (Lipinski definition) is 2. The number of nitrogens with one attached hydrogen (secondary N) is 2. The second-order valence-corrected chi connectivity index (χ2v) is 7.74. The van der Waals surface area contributed by atoms with Gasteiger partial charge in [0.2, 0.25) is 0 Å². The molecule has 8 heteroatoms. The lowest BCUT2D eigenvalue weighted by Crippen LogP contribution is -2.44. The second-order valence-electron chi connectivity index (χ2n) is 7.74. The summed E-state index contributed by atoms with van der Waals surface area (Å²) in [6, 6.07) is 8.96. The maximum absolute atomic E-state index is 12.1. The summed E-state index contributed by atoms with van der Waals surface area (Å²) in [5, 5.41) is 5.65. The lowest BCUT2D eigenvalue weighted by molar-refractivity contribution is -0.0773. The zero-order chi connectivity index (χ0) is 20.6. The first-order chi connectivity index (χ1) is 13.3. The maximum Gasteiger partial charge on any atom is 0.407 e. The largest absolute Gasteiger partial charge is 0.445 e. The summed E-state index contributed by atoms with van der Waals surface area (Å²) in [5.41, 5.74) is 0.319. The number of amides is 2. The Bertz CT molecular complexity index is 631. The van der Waals surface area contributed by atoms with E-state index >= 15 is 0 Å². The summed E-state index contributed by atoms with van der Waals surface area (Å²) in [4.78, 5) is 24.2. The van der Waals surface area contributed by atoms with E-state index in [1.165, 1.54) is 7.11 Å². The number of benzene rings is 1. The van der Waals surface area contributed by atoms with Gasteiger partial charge in [-0.15, -0.1) is 0 Å². The Morgan fingerprint density at radius 1 is 1.07 bits per heavy atom. The lowest BCUT2D eigenvalue weighted by atomic mass is 10.2. The van der Waals surface area contributed by atoms with Gasteiger partial charge in [0.15, 0.2) is 0 Å². The average molecular weight is 394 g/mol. The molecule has 156 valence electrons. The van der Waals surface area contributed by atoms with Gasteiger partial charge in [-0.3, -0.25) is 0 Å². The van der Waals surface area contributed by atoms with Crippen LogP contribution in [0.4, 0.5) is 9.59 Å². The molecule has 0 saturated heterocycles. The number of methoxy groups -OCH3 is 1. The predicted octanol–water partition coefficient (Wildman–Crippen LogP) is 2.96. The molecule has 2 amide bonds. The number of alkyl carbamates (subject to hydrolysis) is 2. The van der Waals surface area contributed by atoms with E-state index in [-0.39, 0.29) is 31.6 Å². The van der Waals surface area contributed by atoms with Crippen LogP contribution in [0.2, 0.25) is 0 Å². The Morgan fingerprint density at radius 2 is 1.79 bits per heavy atom. The smallest absolute Gasteiger partial charge is 0.407 e. The van der Waals surface area contributed by atoms with Crippen LogP contribution in [0.3, 0.4) is 0 Å². The molecule has 1 saturated carbocycles. The fourth-order valence-electron chi connectivity index (χ4n) is 3.00. The van der Waals surface area contributed by atoms with Crippen molar-refractivity contribution in [1.82, 2.24) is 10.6 Å². The van der Waals surface area contributed by atoms with Gasteiger partial charge in [-0.1, -0.05) is 30.3 Å². The third kappa shape index (κ3) is 7.74. The number of carbonyl (C=O) groups is 2. The highest BCUT2D eigenvalue weighted by Crippen LogP contribution is 2.24. The fourth-order valence-corrected chi connectivity index (χ4v) is 3.00. The van der Waals surface area contributed by atoms with E-state index in [1.807, 2.05) is 30.3 Å². The SMILES string of the molecule is COCO[C@@H]1C[C@@H](NC(=O)OCc2ccccc2)C[C@H]1NC(=O)OC(C)(C)C. The highest BCUT2D eigenvalue weighted by Gasteiger charge is 2.38. The second kappa shape index (κ2) is 10.3. The molecule has 1 aromatic carbocycles. The molecule has 28 heavy (non-hydrogen) atoms. The third-order valence-corrected chi connectivity index (χ3v) is 4.14. The average Bonchev–Trinajstić information content (AvgIpc) is 2.98. The Kier molecular flexibility index (Phi) is 8.07. The zero-order valence-electron chi connectivity index (χ0n) is 16.9. The summed E-state index contributed by atoms with van der Waals surface area (Å²) in [6.07, 6.45) is -0.279. The summed E-state index contributed by atoms with van der Waals surface area (Å²) in [7, 11) is 1.53. The van der Waals surface area contributed by atoms with Crippen molar-refractivity contribution >= 4 is 12.2 Å². The predicted molar refractivity (Wildman–Crippen MR) is 103 cm³/mol. The molecular weight excluding hydrogens is 364 g/mol. The molecule has 0 radical (unpaired) electrons. The molecule has 8 nitrogen and oxygen atoms in total. The first-order valence-electron chi connectivity index (χ1n) is 9.34. The maximum atomic E-state index is 12.1. The van der Waals surface area contributed by atoms with Gasteiger partial charge >= 0.3 is 12.2 Å². The minimum Gasteiger partial charge on any atom is -0.445 e. The minimum atomic E-state index is -0.593. The van der Waals surface area contributed by atoms with Gasteiger partial charge in [-0.2, -0.15) is 0 Å². The van der Waals surface area contributed by atoms with E-state index in [0.717, 1.165) is 5.56 Å². The quantitative estimate of drug-likeness (QED) is 0.691. The van der Waals surface area contributed by atoms with E-state index in [1.54, 1.807) is 20.8 Å². The first kappa shape index (κ1) is 22.0. The Labute approximate surface area is 165 Å². The van der Waals surface area contributed by atoms with E-state index in [4.69, 9.17) is 18.9 Å². The molecule has 0 unspecified atom stereocenters. The van der Waals surface area contributed by atoms with Crippen molar-refractivity contribution in [2.75, 3.05) is 13.9 Å². The number of carbonyl (C=O) groups excluding carboxylic acids is 2. The van der Waals surface area contributed by atoms with E-state index in [2.05, 4.69) is 10.6 Å². The summed E-state index contributed by atoms with van der Waals surface area (Å²) in [6.45, 7) is 5.69. The Balaban J connectivity index is 1.85. The van der Waals surface area contributed by atoms with Crippen molar-refractivity contribution in [2.24, 2.45) is 0 Å². The fraction of sp³-hybridized carbons (Fsp3) is 0.600. The molecule has 0 bridgehead atoms. The van der Waals surface area contributed by atoms with Crippen LogP contribution in [-0.2, 0) is 25.6 Å². The van der Waals surface area contributed by atoms with Gasteiger partial charge < -0.3 is 29.6 Å². The van der Waals surface area contributed by atoms with Gasteiger partial charge in [-0.25, -0.2) is 9.59 Å². The van der Waals surface area contributed by atoms with Crippen LogP contribution in [0.15, 0.2) is 30.3 Å². The molecule has 1 aliphatic carbocycles.